The van der Waals surface area contributed by atoms with E-state index in [1.165, 1.54) is 16.5 Å². The topological polar surface area (TPSA) is 56.3 Å². The van der Waals surface area contributed by atoms with Crippen LogP contribution in [0.1, 0.15) is 40.2 Å². The first-order valence-electron chi connectivity index (χ1n) is 8.82. The number of nitrogens with zero attached hydrogens (tertiary/aromatic N) is 1. The molecule has 0 atom stereocenters. The summed E-state index contributed by atoms with van der Waals surface area (Å²) >= 11 is 0. The summed E-state index contributed by atoms with van der Waals surface area (Å²) in [5.41, 5.74) is 3.94. The maximum atomic E-state index is 11.4. The first-order chi connectivity index (χ1) is 12.2. The Balaban J connectivity index is 1.45. The molecule has 128 valence electrons. The number of carbonyl (C=O) groups is 1. The van der Waals surface area contributed by atoms with Crippen LogP contribution in [0.15, 0.2) is 54.7 Å². The van der Waals surface area contributed by atoms with Gasteiger partial charge in [-0.15, -0.1) is 0 Å². The minimum atomic E-state index is -0.843. The van der Waals surface area contributed by atoms with E-state index in [0.717, 1.165) is 31.5 Å². The Bertz CT molecular complexity index is 892. The highest BCUT2D eigenvalue weighted by atomic mass is 16.4. The molecular weight excluding hydrogens is 312 g/mol. The van der Waals surface area contributed by atoms with E-state index in [1.807, 2.05) is 12.1 Å². The Morgan fingerprint density at radius 1 is 1.08 bits per heavy atom. The molecule has 1 saturated heterocycles. The number of nitrogens with one attached hydrogen (secondary N) is 1. The van der Waals surface area contributed by atoms with Crippen molar-refractivity contribution in [3.8, 4) is 0 Å². The summed E-state index contributed by atoms with van der Waals surface area (Å²) in [5.74, 6) is -0.272. The minimum Gasteiger partial charge on any atom is -0.478 e. The number of aromatic carboxylic acids is 1. The summed E-state index contributed by atoms with van der Waals surface area (Å²) in [6, 6.07) is 15.8. The van der Waals surface area contributed by atoms with Crippen LogP contribution >= 0.6 is 0 Å². The van der Waals surface area contributed by atoms with Crippen molar-refractivity contribution in [3.05, 3.63) is 71.4 Å². The molecule has 0 saturated carbocycles. The lowest BCUT2D eigenvalue weighted by Crippen LogP contribution is -2.32. The third kappa shape index (κ3) is 3.17. The number of hydrogen-bond acceptors (Lipinski definition) is 2. The van der Waals surface area contributed by atoms with Crippen LogP contribution in [0.2, 0.25) is 0 Å². The molecule has 4 rings (SSSR count). The Morgan fingerprint density at radius 2 is 1.80 bits per heavy atom. The zero-order valence-electron chi connectivity index (χ0n) is 14.1. The molecular formula is C21H22N2O2. The number of likely N-dealkylation sites (tertiary alicyclic amines) is 1. The van der Waals surface area contributed by atoms with Crippen molar-refractivity contribution in [1.29, 1.82) is 0 Å². The highest BCUT2D eigenvalue weighted by Gasteiger charge is 2.23. The van der Waals surface area contributed by atoms with Gasteiger partial charge >= 0.3 is 5.97 Å². The molecule has 1 fully saturated rings. The number of rotatable bonds is 4. The molecule has 4 heteroatoms. The summed E-state index contributed by atoms with van der Waals surface area (Å²) < 4.78 is 0. The molecule has 0 radical (unpaired) electrons. The van der Waals surface area contributed by atoms with Crippen molar-refractivity contribution in [1.82, 2.24) is 9.88 Å². The van der Waals surface area contributed by atoms with Gasteiger partial charge in [0.15, 0.2) is 0 Å². The molecule has 0 amide bonds. The van der Waals surface area contributed by atoms with Gasteiger partial charge in [-0.3, -0.25) is 4.90 Å². The second-order valence-electron chi connectivity index (χ2n) is 6.80. The van der Waals surface area contributed by atoms with Crippen molar-refractivity contribution in [2.75, 3.05) is 13.1 Å². The predicted octanol–water partition coefficient (Wildman–Crippen LogP) is 4.25. The van der Waals surface area contributed by atoms with E-state index in [0.29, 0.717) is 18.0 Å². The average Bonchev–Trinajstić information content (AvgIpc) is 3.07. The largest absolute Gasteiger partial charge is 0.478 e. The number of fused-ring (bicyclic) bond motifs is 1. The van der Waals surface area contributed by atoms with Crippen molar-refractivity contribution in [2.24, 2.45) is 0 Å². The van der Waals surface area contributed by atoms with E-state index < -0.39 is 5.97 Å². The van der Waals surface area contributed by atoms with Gasteiger partial charge in [-0.1, -0.05) is 36.4 Å². The van der Waals surface area contributed by atoms with Crippen LogP contribution in [0, 0.1) is 0 Å². The molecule has 2 aromatic carbocycles. The third-order valence-electron chi connectivity index (χ3n) is 5.29. The molecule has 2 heterocycles. The second-order valence-corrected chi connectivity index (χ2v) is 6.80. The monoisotopic (exact) mass is 334 g/mol. The van der Waals surface area contributed by atoms with E-state index in [-0.39, 0.29) is 0 Å². The minimum absolute atomic E-state index is 0.418. The van der Waals surface area contributed by atoms with Crippen LogP contribution in [-0.2, 0) is 6.54 Å². The number of para-hydroxylation sites is 1. The number of H-pyrrole nitrogens is 1. The number of benzene rings is 2. The predicted molar refractivity (Wildman–Crippen MR) is 99.0 cm³/mol. The quantitative estimate of drug-likeness (QED) is 0.750. The van der Waals surface area contributed by atoms with E-state index in [2.05, 4.69) is 40.3 Å². The zero-order chi connectivity index (χ0) is 17.2. The van der Waals surface area contributed by atoms with Crippen LogP contribution in [-0.4, -0.2) is 34.0 Å². The lowest BCUT2D eigenvalue weighted by atomic mass is 9.89. The van der Waals surface area contributed by atoms with Gasteiger partial charge < -0.3 is 10.1 Å². The molecule has 25 heavy (non-hydrogen) atoms. The summed E-state index contributed by atoms with van der Waals surface area (Å²) in [4.78, 5) is 17.1. The molecule has 0 aliphatic carbocycles. The van der Waals surface area contributed by atoms with Gasteiger partial charge in [0, 0.05) is 23.6 Å². The molecule has 1 aliphatic heterocycles. The third-order valence-corrected chi connectivity index (χ3v) is 5.29. The highest BCUT2D eigenvalue weighted by Crippen LogP contribution is 2.33. The van der Waals surface area contributed by atoms with Gasteiger partial charge in [-0.25, -0.2) is 4.79 Å². The molecule has 1 aliphatic rings. The molecule has 3 aromatic rings. The van der Waals surface area contributed by atoms with Gasteiger partial charge in [-0.05, 0) is 55.1 Å². The second kappa shape index (κ2) is 6.73. The van der Waals surface area contributed by atoms with Gasteiger partial charge in [0.25, 0.3) is 0 Å². The number of piperidine rings is 1. The fourth-order valence-electron chi connectivity index (χ4n) is 3.94. The maximum absolute atomic E-state index is 11.4. The van der Waals surface area contributed by atoms with E-state index in [9.17, 15) is 9.90 Å². The Labute approximate surface area is 147 Å². The average molecular weight is 334 g/mol. The highest BCUT2D eigenvalue weighted by molar-refractivity contribution is 5.89. The van der Waals surface area contributed by atoms with Crippen LogP contribution in [0.3, 0.4) is 0 Å². The number of carboxylic acid groups (broad SMARTS) is 1. The number of hydrogen-bond donors (Lipinski definition) is 2. The lowest BCUT2D eigenvalue weighted by Gasteiger charge is -2.32. The molecule has 0 unspecified atom stereocenters. The Hall–Kier alpha value is -2.59. The SMILES string of the molecule is O=C(O)c1ccccc1CN1CCC(c2c[nH]c3ccccc23)CC1. The Morgan fingerprint density at radius 3 is 2.60 bits per heavy atom. The van der Waals surface area contributed by atoms with Crippen molar-refractivity contribution < 1.29 is 9.90 Å². The van der Waals surface area contributed by atoms with Gasteiger partial charge in [0.2, 0.25) is 0 Å². The van der Waals surface area contributed by atoms with Gasteiger partial charge in [-0.2, -0.15) is 0 Å². The van der Waals surface area contributed by atoms with Gasteiger partial charge in [0.1, 0.15) is 0 Å². The summed E-state index contributed by atoms with van der Waals surface area (Å²) in [6.45, 7) is 2.71. The van der Waals surface area contributed by atoms with Crippen LogP contribution in [0.4, 0.5) is 0 Å². The normalized spacial score (nSPS) is 16.3. The van der Waals surface area contributed by atoms with Gasteiger partial charge in [0.05, 0.1) is 5.56 Å². The lowest BCUT2D eigenvalue weighted by molar-refractivity contribution is 0.0694. The van der Waals surface area contributed by atoms with Crippen molar-refractivity contribution >= 4 is 16.9 Å². The Kier molecular flexibility index (Phi) is 4.28. The van der Waals surface area contributed by atoms with Crippen molar-refractivity contribution in [3.63, 3.8) is 0 Å². The number of aromatic nitrogens is 1. The first kappa shape index (κ1) is 15.9. The number of aromatic amines is 1. The van der Waals surface area contributed by atoms with Crippen LogP contribution in [0.5, 0.6) is 0 Å². The van der Waals surface area contributed by atoms with E-state index in [1.54, 1.807) is 12.1 Å². The fraction of sp³-hybridized carbons (Fsp3) is 0.286. The standard InChI is InChI=1S/C21H22N2O2/c24-21(25)17-6-2-1-5-16(17)14-23-11-9-15(10-12-23)19-13-22-20-8-4-3-7-18(19)20/h1-8,13,15,22H,9-12,14H2,(H,24,25). The first-order valence-corrected chi connectivity index (χ1v) is 8.82. The molecule has 4 nitrogen and oxygen atoms in total. The molecule has 0 spiro atoms. The fourth-order valence-corrected chi connectivity index (χ4v) is 3.94. The number of carboxylic acids is 1. The summed E-state index contributed by atoms with van der Waals surface area (Å²) in [5, 5.41) is 10.7. The van der Waals surface area contributed by atoms with Crippen LogP contribution < -0.4 is 0 Å². The van der Waals surface area contributed by atoms with E-state index in [4.69, 9.17) is 0 Å². The van der Waals surface area contributed by atoms with Crippen LogP contribution in [0.25, 0.3) is 10.9 Å². The maximum Gasteiger partial charge on any atom is 0.336 e. The molecule has 1 aromatic heterocycles. The van der Waals surface area contributed by atoms with E-state index >= 15 is 0 Å². The molecule has 2 N–H and O–H groups in total. The summed E-state index contributed by atoms with van der Waals surface area (Å²) in [6.07, 6.45) is 4.37. The zero-order valence-corrected chi connectivity index (χ0v) is 14.1. The molecule has 0 bridgehead atoms. The summed E-state index contributed by atoms with van der Waals surface area (Å²) in [7, 11) is 0. The van der Waals surface area contributed by atoms with Crippen molar-refractivity contribution in [2.45, 2.75) is 25.3 Å². The smallest absolute Gasteiger partial charge is 0.336 e.